The zero-order valence-electron chi connectivity index (χ0n) is 29.1. The molecule has 1 fully saturated rings. The van der Waals surface area contributed by atoms with Gasteiger partial charge in [0.15, 0.2) is 0 Å². The first-order chi connectivity index (χ1) is 23.4. The minimum Gasteiger partial charge on any atom is -0.481 e. The van der Waals surface area contributed by atoms with Crippen LogP contribution in [0.3, 0.4) is 0 Å². The van der Waals surface area contributed by atoms with E-state index in [0.29, 0.717) is 0 Å². The molecule has 0 bridgehead atoms. The molecule has 0 saturated heterocycles. The minimum absolute atomic E-state index is 0.0785. The molecule has 1 aliphatic carbocycles. The summed E-state index contributed by atoms with van der Waals surface area (Å²) < 4.78 is 0. The Hall–Kier alpha value is -3.93. The fraction of sp³-hybridized carbons (Fsp3) is 0.750. The van der Waals surface area contributed by atoms with Crippen molar-refractivity contribution in [3.63, 3.8) is 0 Å². The highest BCUT2D eigenvalue weighted by molar-refractivity contribution is 7.80. The predicted octanol–water partition coefficient (Wildman–Crippen LogP) is -0.236. The first-order valence-corrected chi connectivity index (χ1v) is 17.5. The molecule has 0 spiro atoms. The molecule has 50 heavy (non-hydrogen) atoms. The molecule has 0 radical (unpaired) electrons. The van der Waals surface area contributed by atoms with Gasteiger partial charge in [-0.05, 0) is 37.0 Å². The van der Waals surface area contributed by atoms with Crippen LogP contribution in [-0.4, -0.2) is 105 Å². The second kappa shape index (κ2) is 22.0. The second-order valence-electron chi connectivity index (χ2n) is 13.5. The van der Waals surface area contributed by atoms with E-state index < -0.39 is 102 Å². The van der Waals surface area contributed by atoms with Crippen LogP contribution < -0.4 is 32.3 Å². The third-order valence-electron chi connectivity index (χ3n) is 8.32. The molecule has 18 heteroatoms. The van der Waals surface area contributed by atoms with Crippen LogP contribution in [0.15, 0.2) is 0 Å². The monoisotopic (exact) mass is 730 g/mol. The van der Waals surface area contributed by atoms with Gasteiger partial charge in [0.25, 0.3) is 0 Å². The van der Waals surface area contributed by atoms with E-state index in [0.717, 1.165) is 32.1 Å². The second-order valence-corrected chi connectivity index (χ2v) is 13.9. The van der Waals surface area contributed by atoms with Crippen LogP contribution in [0.4, 0.5) is 0 Å². The van der Waals surface area contributed by atoms with Gasteiger partial charge < -0.3 is 47.6 Å². The lowest BCUT2D eigenvalue weighted by Crippen LogP contribution is -2.60. The highest BCUT2D eigenvalue weighted by atomic mass is 32.1. The predicted molar refractivity (Wildman–Crippen MR) is 184 cm³/mol. The summed E-state index contributed by atoms with van der Waals surface area (Å²) in [5, 5.41) is 40.1. The molecular formula is C32H54N6O11S. The molecule has 0 heterocycles. The molecule has 6 atom stereocenters. The number of hydrogen-bond acceptors (Lipinski definition) is 10. The molecule has 1 aliphatic rings. The topological polar surface area (TPSA) is 283 Å². The third-order valence-corrected chi connectivity index (χ3v) is 8.69. The van der Waals surface area contributed by atoms with Crippen LogP contribution in [0.25, 0.3) is 0 Å². The Morgan fingerprint density at radius 3 is 1.70 bits per heavy atom. The van der Waals surface area contributed by atoms with Crippen molar-refractivity contribution in [1.29, 1.82) is 0 Å². The Morgan fingerprint density at radius 1 is 0.680 bits per heavy atom. The molecular weight excluding hydrogens is 676 g/mol. The Balaban J connectivity index is 3.22. The molecule has 0 unspecified atom stereocenters. The lowest BCUT2D eigenvalue weighted by atomic mass is 9.84. The standard InChI is InChI=1S/C32H54N6O11S/c1-16(2)12-21(35-28(44)20(10-11-24(39)40)34-27(43)19(33)14-25(41)42)30(46)38-26(17(3)4)31(47)36-22(13-18-8-6-5-7-9-18)29(45)37-23(15-50)32(48)49/h16-23,26,50H,5-15,33H2,1-4H3,(H,34,43)(H,35,44)(H,36,47)(H,37,45)(H,38,46)(H,39,40)(H,41,42)(H,48,49)/t19-,20-,21-,22-,23-,26-/m0/s1. The summed E-state index contributed by atoms with van der Waals surface area (Å²) in [4.78, 5) is 100. The van der Waals surface area contributed by atoms with E-state index in [2.05, 4.69) is 39.2 Å². The SMILES string of the molecule is CC(C)C[C@H](NC(=O)[C@H](CCC(=O)O)NC(=O)[C@@H](N)CC(=O)O)C(=O)N[C@H](C(=O)N[C@@H](CC1CCCCC1)C(=O)N[C@@H](CS)C(=O)O)C(C)C. The smallest absolute Gasteiger partial charge is 0.327 e. The molecule has 0 aliphatic heterocycles. The van der Waals surface area contributed by atoms with E-state index in [-0.39, 0.29) is 36.9 Å². The number of hydrogen-bond donors (Lipinski definition) is 10. The lowest BCUT2D eigenvalue weighted by molar-refractivity contribution is -0.142. The first-order valence-electron chi connectivity index (χ1n) is 16.9. The maximum atomic E-state index is 13.7. The van der Waals surface area contributed by atoms with Gasteiger partial charge in [-0.25, -0.2) is 4.79 Å². The number of nitrogens with two attached hydrogens (primary N) is 1. The number of nitrogens with one attached hydrogen (secondary N) is 5. The van der Waals surface area contributed by atoms with Gasteiger partial charge >= 0.3 is 17.9 Å². The molecule has 0 aromatic rings. The third kappa shape index (κ3) is 16.2. The van der Waals surface area contributed by atoms with Crippen molar-refractivity contribution in [3.05, 3.63) is 0 Å². The van der Waals surface area contributed by atoms with Crippen molar-refractivity contribution >= 4 is 60.1 Å². The number of thiol groups is 1. The van der Waals surface area contributed by atoms with Crippen LogP contribution >= 0.6 is 12.6 Å². The van der Waals surface area contributed by atoms with Crippen molar-refractivity contribution in [2.75, 3.05) is 5.75 Å². The summed E-state index contributed by atoms with van der Waals surface area (Å²) in [5.41, 5.74) is 5.60. The van der Waals surface area contributed by atoms with Crippen molar-refractivity contribution < 1.29 is 53.7 Å². The number of carbonyl (C=O) groups excluding carboxylic acids is 5. The zero-order valence-corrected chi connectivity index (χ0v) is 30.0. The summed E-state index contributed by atoms with van der Waals surface area (Å²) >= 11 is 4.00. The van der Waals surface area contributed by atoms with Crippen molar-refractivity contribution in [1.82, 2.24) is 26.6 Å². The number of carboxylic acids is 3. The normalized spacial score (nSPS) is 17.0. The summed E-state index contributed by atoms with van der Waals surface area (Å²) in [6, 6.07) is -7.81. The van der Waals surface area contributed by atoms with Crippen molar-refractivity contribution in [3.8, 4) is 0 Å². The first kappa shape index (κ1) is 44.1. The highest BCUT2D eigenvalue weighted by Crippen LogP contribution is 2.27. The summed E-state index contributed by atoms with van der Waals surface area (Å²) in [6.07, 6.45) is 3.34. The lowest BCUT2D eigenvalue weighted by Gasteiger charge is -2.30. The molecule has 1 rings (SSSR count). The Kier molecular flexibility index (Phi) is 19.4. The van der Waals surface area contributed by atoms with Gasteiger partial charge in [-0.1, -0.05) is 59.8 Å². The zero-order chi connectivity index (χ0) is 38.1. The molecule has 0 aromatic carbocycles. The van der Waals surface area contributed by atoms with Gasteiger partial charge in [-0.2, -0.15) is 12.6 Å². The molecule has 0 aromatic heterocycles. The Labute approximate surface area is 297 Å². The maximum absolute atomic E-state index is 13.7. The summed E-state index contributed by atoms with van der Waals surface area (Å²) in [5.74, 6) is -8.72. The van der Waals surface area contributed by atoms with E-state index in [1.165, 1.54) is 0 Å². The van der Waals surface area contributed by atoms with Gasteiger partial charge in [-0.3, -0.25) is 33.6 Å². The molecule has 5 amide bonds. The molecule has 284 valence electrons. The minimum atomic E-state index is -1.52. The van der Waals surface area contributed by atoms with Crippen LogP contribution in [0.1, 0.15) is 91.9 Å². The van der Waals surface area contributed by atoms with Crippen LogP contribution in [0, 0.1) is 17.8 Å². The largest absolute Gasteiger partial charge is 0.481 e. The fourth-order valence-electron chi connectivity index (χ4n) is 5.57. The number of aliphatic carboxylic acids is 3. The van der Waals surface area contributed by atoms with Gasteiger partial charge in [0, 0.05) is 12.2 Å². The van der Waals surface area contributed by atoms with Crippen molar-refractivity contribution in [2.24, 2.45) is 23.5 Å². The Morgan fingerprint density at radius 2 is 1.20 bits per heavy atom. The summed E-state index contributed by atoms with van der Waals surface area (Å²) in [7, 11) is 0. The highest BCUT2D eigenvalue weighted by Gasteiger charge is 2.35. The van der Waals surface area contributed by atoms with E-state index >= 15 is 0 Å². The number of carboxylic acid groups (broad SMARTS) is 3. The van der Waals surface area contributed by atoms with Crippen LogP contribution in [0.5, 0.6) is 0 Å². The average molecular weight is 731 g/mol. The summed E-state index contributed by atoms with van der Waals surface area (Å²) in [6.45, 7) is 6.88. The fourth-order valence-corrected chi connectivity index (χ4v) is 5.81. The number of amides is 5. The molecule has 1 saturated carbocycles. The number of rotatable bonds is 22. The van der Waals surface area contributed by atoms with Gasteiger partial charge in [0.2, 0.25) is 29.5 Å². The van der Waals surface area contributed by atoms with Gasteiger partial charge in [0.1, 0.15) is 30.2 Å². The van der Waals surface area contributed by atoms with E-state index in [4.69, 9.17) is 15.9 Å². The molecule has 17 nitrogen and oxygen atoms in total. The van der Waals surface area contributed by atoms with E-state index in [1.54, 1.807) is 27.7 Å². The molecule has 10 N–H and O–H groups in total. The maximum Gasteiger partial charge on any atom is 0.327 e. The van der Waals surface area contributed by atoms with Crippen molar-refractivity contribution in [2.45, 2.75) is 128 Å². The van der Waals surface area contributed by atoms with Crippen LogP contribution in [-0.2, 0) is 38.4 Å². The van der Waals surface area contributed by atoms with E-state index in [9.17, 15) is 43.5 Å². The average Bonchev–Trinajstić information content (AvgIpc) is 3.02. The van der Waals surface area contributed by atoms with Gasteiger partial charge in [0.05, 0.1) is 12.5 Å². The van der Waals surface area contributed by atoms with E-state index in [1.807, 2.05) is 0 Å². The Bertz CT molecular complexity index is 1210. The number of carbonyl (C=O) groups is 8. The van der Waals surface area contributed by atoms with Gasteiger partial charge in [-0.15, -0.1) is 0 Å². The van der Waals surface area contributed by atoms with Crippen LogP contribution in [0.2, 0.25) is 0 Å². The quantitative estimate of drug-likeness (QED) is 0.0647.